The third-order valence-corrected chi connectivity index (χ3v) is 4.11. The van der Waals surface area contributed by atoms with Crippen LogP contribution in [0.25, 0.3) is 0 Å². The van der Waals surface area contributed by atoms with E-state index in [2.05, 4.69) is 11.8 Å². The van der Waals surface area contributed by atoms with Gasteiger partial charge in [0.15, 0.2) is 0 Å². The average molecular weight is 265 g/mol. The molecule has 0 amide bonds. The highest BCUT2D eigenvalue weighted by molar-refractivity contribution is 5.71. The molecule has 1 fully saturated rings. The average Bonchev–Trinajstić information content (AvgIpc) is 2.71. The van der Waals surface area contributed by atoms with Crippen molar-refractivity contribution in [3.8, 4) is 0 Å². The van der Waals surface area contributed by atoms with Crippen molar-refractivity contribution in [2.45, 2.75) is 38.8 Å². The molecular formula is C15H20FNO2. The van der Waals surface area contributed by atoms with Gasteiger partial charge in [-0.1, -0.05) is 12.1 Å². The molecule has 1 aliphatic heterocycles. The third-order valence-electron chi connectivity index (χ3n) is 4.11. The van der Waals surface area contributed by atoms with Gasteiger partial charge in [0.25, 0.3) is 0 Å². The lowest BCUT2D eigenvalue weighted by Crippen LogP contribution is -2.40. The normalized spacial score (nSPS) is 25.4. The molecule has 0 aliphatic carbocycles. The zero-order valence-electron chi connectivity index (χ0n) is 11.3. The standard InChI is InChI=1S/C15H20FNO2/c1-10(8-12-4-3-5-13(16)9-12)17-7-6-14(11(17)2)15(18)19/h3-5,9-11,14H,6-8H2,1-2H3,(H,18,19). The maximum absolute atomic E-state index is 13.1. The zero-order valence-corrected chi connectivity index (χ0v) is 11.3. The molecule has 19 heavy (non-hydrogen) atoms. The monoisotopic (exact) mass is 265 g/mol. The number of hydrogen-bond donors (Lipinski definition) is 1. The molecule has 1 heterocycles. The number of carboxylic acids is 1. The Balaban J connectivity index is 2.01. The molecule has 0 aromatic heterocycles. The van der Waals surface area contributed by atoms with Crippen molar-refractivity contribution in [3.05, 3.63) is 35.6 Å². The van der Waals surface area contributed by atoms with Crippen molar-refractivity contribution in [1.29, 1.82) is 0 Å². The number of halogens is 1. The van der Waals surface area contributed by atoms with E-state index in [1.165, 1.54) is 6.07 Å². The molecule has 0 spiro atoms. The highest BCUT2D eigenvalue weighted by Gasteiger charge is 2.37. The Morgan fingerprint density at radius 2 is 2.32 bits per heavy atom. The Morgan fingerprint density at radius 1 is 1.58 bits per heavy atom. The Morgan fingerprint density at radius 3 is 2.89 bits per heavy atom. The first-order chi connectivity index (χ1) is 8.99. The van der Waals surface area contributed by atoms with E-state index < -0.39 is 5.97 Å². The first-order valence-electron chi connectivity index (χ1n) is 6.72. The maximum Gasteiger partial charge on any atom is 0.308 e. The predicted octanol–water partition coefficient (Wildman–Crippen LogP) is 2.55. The van der Waals surface area contributed by atoms with E-state index >= 15 is 0 Å². The third kappa shape index (κ3) is 3.13. The van der Waals surface area contributed by atoms with Gasteiger partial charge in [0, 0.05) is 12.1 Å². The van der Waals surface area contributed by atoms with Crippen LogP contribution in [0.5, 0.6) is 0 Å². The minimum Gasteiger partial charge on any atom is -0.481 e. The van der Waals surface area contributed by atoms with Gasteiger partial charge in [-0.3, -0.25) is 9.69 Å². The Hall–Kier alpha value is -1.42. The smallest absolute Gasteiger partial charge is 0.308 e. The quantitative estimate of drug-likeness (QED) is 0.909. The summed E-state index contributed by atoms with van der Waals surface area (Å²) < 4.78 is 13.1. The van der Waals surface area contributed by atoms with Gasteiger partial charge in [0.2, 0.25) is 0 Å². The van der Waals surface area contributed by atoms with Crippen LogP contribution in [0.4, 0.5) is 4.39 Å². The van der Waals surface area contributed by atoms with E-state index in [1.54, 1.807) is 12.1 Å². The molecule has 4 heteroatoms. The SMILES string of the molecule is CC(Cc1cccc(F)c1)N1CCC(C(=O)O)C1C. The van der Waals surface area contributed by atoms with Gasteiger partial charge in [0.05, 0.1) is 5.92 Å². The van der Waals surface area contributed by atoms with Crippen molar-refractivity contribution in [3.63, 3.8) is 0 Å². The van der Waals surface area contributed by atoms with Gasteiger partial charge >= 0.3 is 5.97 Å². The Labute approximate surface area is 113 Å². The molecule has 0 bridgehead atoms. The second-order valence-corrected chi connectivity index (χ2v) is 5.39. The van der Waals surface area contributed by atoms with Crippen molar-refractivity contribution in [2.75, 3.05) is 6.54 Å². The van der Waals surface area contributed by atoms with Gasteiger partial charge < -0.3 is 5.11 Å². The van der Waals surface area contributed by atoms with Crippen LogP contribution >= 0.6 is 0 Å². The minimum atomic E-state index is -0.715. The number of hydrogen-bond acceptors (Lipinski definition) is 2. The fourth-order valence-corrected chi connectivity index (χ4v) is 3.04. The van der Waals surface area contributed by atoms with Crippen molar-refractivity contribution in [1.82, 2.24) is 4.90 Å². The van der Waals surface area contributed by atoms with Crippen LogP contribution in [0, 0.1) is 11.7 Å². The molecule has 0 radical (unpaired) electrons. The van der Waals surface area contributed by atoms with E-state index in [0.717, 1.165) is 18.5 Å². The van der Waals surface area contributed by atoms with Gasteiger partial charge in [-0.05, 0) is 50.9 Å². The van der Waals surface area contributed by atoms with Gasteiger partial charge in [-0.15, -0.1) is 0 Å². The van der Waals surface area contributed by atoms with Crippen molar-refractivity contribution < 1.29 is 14.3 Å². The van der Waals surface area contributed by atoms with E-state index in [-0.39, 0.29) is 23.8 Å². The zero-order chi connectivity index (χ0) is 14.0. The molecule has 1 aromatic rings. The molecule has 1 N–H and O–H groups in total. The minimum absolute atomic E-state index is 0.0426. The maximum atomic E-state index is 13.1. The van der Waals surface area contributed by atoms with Crippen LogP contribution in [0.15, 0.2) is 24.3 Å². The first-order valence-corrected chi connectivity index (χ1v) is 6.72. The van der Waals surface area contributed by atoms with Crippen molar-refractivity contribution >= 4 is 5.97 Å². The molecule has 2 rings (SSSR count). The second-order valence-electron chi connectivity index (χ2n) is 5.39. The number of benzene rings is 1. The Kier molecular flexibility index (Phi) is 4.20. The number of carbonyl (C=O) groups is 1. The number of nitrogens with zero attached hydrogens (tertiary/aromatic N) is 1. The highest BCUT2D eigenvalue weighted by atomic mass is 19.1. The topological polar surface area (TPSA) is 40.5 Å². The number of rotatable bonds is 4. The highest BCUT2D eigenvalue weighted by Crippen LogP contribution is 2.27. The number of likely N-dealkylation sites (tertiary alicyclic amines) is 1. The van der Waals surface area contributed by atoms with Crippen LogP contribution in [-0.2, 0) is 11.2 Å². The molecule has 1 aliphatic rings. The summed E-state index contributed by atoms with van der Waals surface area (Å²) in [5.41, 5.74) is 0.957. The van der Waals surface area contributed by atoms with Crippen LogP contribution < -0.4 is 0 Å². The molecule has 104 valence electrons. The summed E-state index contributed by atoms with van der Waals surface area (Å²) in [6, 6.07) is 6.88. The molecule has 1 saturated heterocycles. The summed E-state index contributed by atoms with van der Waals surface area (Å²) in [6.45, 7) is 4.84. The van der Waals surface area contributed by atoms with Crippen LogP contribution in [0.3, 0.4) is 0 Å². The summed E-state index contributed by atoms with van der Waals surface area (Å²) in [5, 5.41) is 9.13. The number of aliphatic carboxylic acids is 1. The van der Waals surface area contributed by atoms with E-state index in [1.807, 2.05) is 13.0 Å². The van der Waals surface area contributed by atoms with Crippen LogP contribution in [0.1, 0.15) is 25.8 Å². The first kappa shape index (κ1) is 14.0. The van der Waals surface area contributed by atoms with E-state index in [0.29, 0.717) is 6.42 Å². The predicted molar refractivity (Wildman–Crippen MR) is 71.5 cm³/mol. The van der Waals surface area contributed by atoms with E-state index in [4.69, 9.17) is 5.11 Å². The molecule has 0 saturated carbocycles. The second kappa shape index (κ2) is 5.70. The van der Waals surface area contributed by atoms with Gasteiger partial charge in [-0.25, -0.2) is 4.39 Å². The fraction of sp³-hybridized carbons (Fsp3) is 0.533. The van der Waals surface area contributed by atoms with Gasteiger partial charge in [0.1, 0.15) is 5.82 Å². The van der Waals surface area contributed by atoms with Crippen LogP contribution in [0.2, 0.25) is 0 Å². The molecule has 1 aromatic carbocycles. The molecular weight excluding hydrogens is 245 g/mol. The summed E-state index contributed by atoms with van der Waals surface area (Å²) in [5.74, 6) is -1.22. The Bertz CT molecular complexity index is 463. The largest absolute Gasteiger partial charge is 0.481 e. The van der Waals surface area contributed by atoms with Crippen molar-refractivity contribution in [2.24, 2.45) is 5.92 Å². The number of carboxylic acid groups (broad SMARTS) is 1. The van der Waals surface area contributed by atoms with E-state index in [9.17, 15) is 9.18 Å². The lowest BCUT2D eigenvalue weighted by atomic mass is 10.0. The summed E-state index contributed by atoms with van der Waals surface area (Å²) in [6.07, 6.45) is 1.44. The van der Waals surface area contributed by atoms with Crippen LogP contribution in [-0.4, -0.2) is 34.6 Å². The lowest BCUT2D eigenvalue weighted by Gasteiger charge is -2.29. The summed E-state index contributed by atoms with van der Waals surface area (Å²) in [7, 11) is 0. The van der Waals surface area contributed by atoms with Gasteiger partial charge in [-0.2, -0.15) is 0 Å². The molecule has 3 nitrogen and oxygen atoms in total. The fourth-order valence-electron chi connectivity index (χ4n) is 3.04. The molecule has 3 unspecified atom stereocenters. The summed E-state index contributed by atoms with van der Waals surface area (Å²) >= 11 is 0. The molecule has 3 atom stereocenters. The summed E-state index contributed by atoms with van der Waals surface area (Å²) in [4.78, 5) is 13.3. The lowest BCUT2D eigenvalue weighted by molar-refractivity contribution is -0.142.